The van der Waals surface area contributed by atoms with Gasteiger partial charge in [0, 0.05) is 25.6 Å². The van der Waals surface area contributed by atoms with Crippen molar-refractivity contribution in [2.45, 2.75) is 77.1 Å². The zero-order valence-electron chi connectivity index (χ0n) is 20.3. The molecule has 1 spiro atoms. The number of hydrogen-bond acceptors (Lipinski definition) is 9. The van der Waals surface area contributed by atoms with E-state index in [1.54, 1.807) is 13.1 Å². The van der Waals surface area contributed by atoms with E-state index < -0.39 is 47.3 Å². The molecule has 4 atom stereocenters. The predicted octanol–water partition coefficient (Wildman–Crippen LogP) is 2.65. The Balaban J connectivity index is 1.50. The molecular weight excluding hydrogens is 456 g/mol. The van der Waals surface area contributed by atoms with Crippen molar-refractivity contribution in [3.8, 4) is 11.6 Å². The van der Waals surface area contributed by atoms with Gasteiger partial charge in [0.2, 0.25) is 5.88 Å². The van der Waals surface area contributed by atoms with Crippen LogP contribution in [0.2, 0.25) is 0 Å². The average Bonchev–Trinajstić information content (AvgIpc) is 3.44. The van der Waals surface area contributed by atoms with Gasteiger partial charge < -0.3 is 23.7 Å². The van der Waals surface area contributed by atoms with Crippen LogP contribution < -0.4 is 10.4 Å². The van der Waals surface area contributed by atoms with Gasteiger partial charge in [-0.15, -0.1) is 0 Å². The number of benzene rings is 1. The smallest absolute Gasteiger partial charge is 0.353 e. The lowest BCUT2D eigenvalue weighted by Crippen LogP contribution is -2.54. The van der Waals surface area contributed by atoms with Gasteiger partial charge >= 0.3 is 17.6 Å². The molecule has 2 bridgehead atoms. The number of nitrogens with zero attached hydrogens (tertiary/aromatic N) is 2. The standard InChI is InChI=1S/C25H28N2O8/c1-13-7-6-8-14(2)18(13)33-21-15(3)11-27(23(30)26-21)22-19-20(32-17(5)29)25(35-22,12-31-16(4)28)24(34-19)9-10-24/h6-8,11,19-20,22H,9-10,12H2,1-5H3/t19?,20?,22-,25-/m1/s1. The van der Waals surface area contributed by atoms with Crippen molar-refractivity contribution in [3.63, 3.8) is 0 Å². The summed E-state index contributed by atoms with van der Waals surface area (Å²) in [6.45, 7) is 8.06. The number of aryl methyl sites for hydroxylation is 3. The van der Waals surface area contributed by atoms with Gasteiger partial charge in [-0.25, -0.2) is 4.79 Å². The maximum absolute atomic E-state index is 13.1. The molecule has 2 aromatic rings. The Morgan fingerprint density at radius 3 is 2.37 bits per heavy atom. The number of fused-ring (bicyclic) bond motifs is 3. The summed E-state index contributed by atoms with van der Waals surface area (Å²) in [5.41, 5.74) is -0.0788. The first-order valence-corrected chi connectivity index (χ1v) is 11.6. The minimum Gasteiger partial charge on any atom is -0.463 e. The summed E-state index contributed by atoms with van der Waals surface area (Å²) >= 11 is 0. The number of esters is 2. The maximum Gasteiger partial charge on any atom is 0.353 e. The Bertz CT molecular complexity index is 1250. The number of rotatable bonds is 6. The molecule has 2 unspecified atom stereocenters. The van der Waals surface area contributed by atoms with E-state index >= 15 is 0 Å². The van der Waals surface area contributed by atoms with Gasteiger partial charge in [0.25, 0.3) is 0 Å². The number of aromatic nitrogens is 2. The molecule has 0 amide bonds. The van der Waals surface area contributed by atoms with E-state index in [9.17, 15) is 14.4 Å². The van der Waals surface area contributed by atoms with Crippen molar-refractivity contribution in [2.75, 3.05) is 6.61 Å². The van der Waals surface area contributed by atoms with Crippen LogP contribution in [0.5, 0.6) is 11.6 Å². The molecule has 2 saturated heterocycles. The van der Waals surface area contributed by atoms with E-state index in [2.05, 4.69) is 4.98 Å². The van der Waals surface area contributed by atoms with Gasteiger partial charge in [-0.05, 0) is 44.7 Å². The lowest BCUT2D eigenvalue weighted by atomic mass is 9.91. The highest BCUT2D eigenvalue weighted by Gasteiger charge is 2.80. The quantitative estimate of drug-likeness (QED) is 0.571. The van der Waals surface area contributed by atoms with Crippen molar-refractivity contribution >= 4 is 11.9 Å². The zero-order chi connectivity index (χ0) is 25.1. The number of carbonyl (C=O) groups excluding carboxylic acids is 2. The van der Waals surface area contributed by atoms with Gasteiger partial charge in [0.15, 0.2) is 17.9 Å². The molecule has 5 rings (SSSR count). The summed E-state index contributed by atoms with van der Waals surface area (Å²) in [6.07, 6.45) is 0.408. The molecule has 1 saturated carbocycles. The third kappa shape index (κ3) is 3.71. The van der Waals surface area contributed by atoms with E-state index in [0.29, 0.717) is 24.2 Å². The number of carbonyl (C=O) groups is 2. The molecule has 35 heavy (non-hydrogen) atoms. The van der Waals surface area contributed by atoms with Crippen molar-refractivity contribution in [1.82, 2.24) is 9.55 Å². The largest absolute Gasteiger partial charge is 0.463 e. The highest BCUT2D eigenvalue weighted by atomic mass is 16.7. The SMILES string of the molecule is CC(=O)OC[C@]12O[C@@H](n3cc(C)c(Oc4c(C)cccc4C)nc3=O)C(OC13CC3)C2OC(C)=O. The van der Waals surface area contributed by atoms with E-state index in [-0.39, 0.29) is 12.5 Å². The third-order valence-electron chi connectivity index (χ3n) is 6.96. The first kappa shape index (κ1) is 23.5. The third-order valence-corrected chi connectivity index (χ3v) is 6.96. The lowest BCUT2D eigenvalue weighted by molar-refractivity contribution is -0.239. The van der Waals surface area contributed by atoms with Crippen molar-refractivity contribution in [3.05, 3.63) is 51.6 Å². The first-order chi connectivity index (χ1) is 16.6. The summed E-state index contributed by atoms with van der Waals surface area (Å²) in [6, 6.07) is 5.77. The van der Waals surface area contributed by atoms with Crippen LogP contribution in [-0.4, -0.2) is 51.5 Å². The molecule has 10 heteroatoms. The predicted molar refractivity (Wildman–Crippen MR) is 121 cm³/mol. The molecule has 1 aromatic heterocycles. The Hall–Kier alpha value is -3.24. The molecule has 1 aromatic carbocycles. The minimum absolute atomic E-state index is 0.151. The van der Waals surface area contributed by atoms with Crippen LogP contribution in [0.25, 0.3) is 0 Å². The fourth-order valence-electron chi connectivity index (χ4n) is 5.17. The normalized spacial score (nSPS) is 27.6. The average molecular weight is 485 g/mol. The highest BCUT2D eigenvalue weighted by molar-refractivity contribution is 5.67. The van der Waals surface area contributed by atoms with E-state index in [1.165, 1.54) is 18.4 Å². The van der Waals surface area contributed by atoms with Crippen molar-refractivity contribution in [1.29, 1.82) is 0 Å². The van der Waals surface area contributed by atoms with E-state index in [4.69, 9.17) is 23.7 Å². The van der Waals surface area contributed by atoms with Gasteiger partial charge in [-0.2, -0.15) is 4.98 Å². The van der Waals surface area contributed by atoms with Crippen LogP contribution in [0.1, 0.15) is 49.6 Å². The Morgan fingerprint density at radius 1 is 1.09 bits per heavy atom. The molecule has 2 aliphatic heterocycles. The number of para-hydroxylation sites is 1. The molecular formula is C25H28N2O8. The van der Waals surface area contributed by atoms with Crippen LogP contribution >= 0.6 is 0 Å². The topological polar surface area (TPSA) is 115 Å². The fourth-order valence-corrected chi connectivity index (χ4v) is 5.17. The Morgan fingerprint density at radius 2 is 1.77 bits per heavy atom. The minimum atomic E-state index is -1.21. The summed E-state index contributed by atoms with van der Waals surface area (Å²) in [5.74, 6) is -0.171. The van der Waals surface area contributed by atoms with Gasteiger partial charge in [-0.3, -0.25) is 14.2 Å². The second-order valence-corrected chi connectivity index (χ2v) is 9.53. The molecule has 3 fully saturated rings. The zero-order valence-corrected chi connectivity index (χ0v) is 20.3. The molecule has 186 valence electrons. The van der Waals surface area contributed by atoms with Crippen LogP contribution in [0.15, 0.2) is 29.2 Å². The Labute approximate surface area is 202 Å². The van der Waals surface area contributed by atoms with Crippen molar-refractivity contribution in [2.24, 2.45) is 0 Å². The number of hydrogen-bond donors (Lipinski definition) is 0. The van der Waals surface area contributed by atoms with Gasteiger partial charge in [0.05, 0.1) is 0 Å². The summed E-state index contributed by atoms with van der Waals surface area (Å²) in [7, 11) is 0. The maximum atomic E-state index is 13.1. The second-order valence-electron chi connectivity index (χ2n) is 9.53. The van der Waals surface area contributed by atoms with Crippen LogP contribution in [0.4, 0.5) is 0 Å². The summed E-state index contributed by atoms with van der Waals surface area (Å²) in [5, 5.41) is 0. The van der Waals surface area contributed by atoms with Gasteiger partial charge in [-0.1, -0.05) is 18.2 Å². The summed E-state index contributed by atoms with van der Waals surface area (Å²) < 4.78 is 31.0. The van der Waals surface area contributed by atoms with Crippen LogP contribution in [-0.2, 0) is 28.5 Å². The van der Waals surface area contributed by atoms with E-state index in [1.807, 2.05) is 32.0 Å². The Kier molecular flexibility index (Phi) is 5.48. The fraction of sp³-hybridized carbons (Fsp3) is 0.520. The molecule has 1 aliphatic carbocycles. The second kappa shape index (κ2) is 8.17. The van der Waals surface area contributed by atoms with Gasteiger partial charge in [0.1, 0.15) is 24.1 Å². The van der Waals surface area contributed by atoms with Crippen molar-refractivity contribution < 1.29 is 33.3 Å². The summed E-state index contributed by atoms with van der Waals surface area (Å²) in [4.78, 5) is 40.8. The molecule has 0 radical (unpaired) electrons. The molecule has 3 heterocycles. The highest BCUT2D eigenvalue weighted by Crippen LogP contribution is 2.65. The molecule has 10 nitrogen and oxygen atoms in total. The molecule has 0 N–H and O–H groups in total. The van der Waals surface area contributed by atoms with Crippen LogP contribution in [0, 0.1) is 20.8 Å². The lowest BCUT2D eigenvalue weighted by Gasteiger charge is -2.37. The monoisotopic (exact) mass is 484 g/mol. The first-order valence-electron chi connectivity index (χ1n) is 11.6. The number of ether oxygens (including phenoxy) is 5. The van der Waals surface area contributed by atoms with Crippen LogP contribution in [0.3, 0.4) is 0 Å². The van der Waals surface area contributed by atoms with E-state index in [0.717, 1.165) is 11.1 Å². The molecule has 3 aliphatic rings.